The van der Waals surface area contributed by atoms with Crippen molar-refractivity contribution in [2.24, 2.45) is 0 Å². The molecule has 0 radical (unpaired) electrons. The van der Waals surface area contributed by atoms with Crippen LogP contribution < -0.4 is 5.32 Å². The molecule has 2 N–H and O–H groups in total. The number of aromatic nitrogens is 3. The van der Waals surface area contributed by atoms with Gasteiger partial charge in [-0.25, -0.2) is 4.79 Å². The van der Waals surface area contributed by atoms with Crippen LogP contribution in [0.5, 0.6) is 0 Å². The smallest absolute Gasteiger partial charge is 0.329 e. The zero-order valence-corrected chi connectivity index (χ0v) is 14.9. The molecular formula is C18H22N4O4. The Morgan fingerprint density at radius 1 is 1.38 bits per heavy atom. The molecule has 1 heterocycles. The molecular weight excluding hydrogens is 336 g/mol. The summed E-state index contributed by atoms with van der Waals surface area (Å²) in [5.74, 6) is -1.35. The van der Waals surface area contributed by atoms with Crippen LogP contribution in [-0.2, 0) is 16.1 Å². The van der Waals surface area contributed by atoms with Gasteiger partial charge in [0, 0.05) is 31.4 Å². The van der Waals surface area contributed by atoms with Crippen molar-refractivity contribution in [1.82, 2.24) is 20.3 Å². The van der Waals surface area contributed by atoms with E-state index in [0.717, 1.165) is 29.8 Å². The number of carbonyl (C=O) groups excluding carboxylic acids is 1. The molecule has 1 aromatic carbocycles. The number of hydrogen-bond donors (Lipinski definition) is 2. The number of hydrogen-bond acceptors (Lipinski definition) is 5. The average Bonchev–Trinajstić information content (AvgIpc) is 3.24. The Kier molecular flexibility index (Phi) is 5.03. The number of carbonyl (C=O) groups is 2. The molecule has 1 aliphatic rings. The number of ether oxygens (including phenoxy) is 1. The second-order valence-corrected chi connectivity index (χ2v) is 6.58. The van der Waals surface area contributed by atoms with Crippen LogP contribution in [0.15, 0.2) is 24.4 Å². The first kappa shape index (κ1) is 18.1. The normalized spacial score (nSPS) is 14.8. The van der Waals surface area contributed by atoms with Gasteiger partial charge in [-0.05, 0) is 43.9 Å². The van der Waals surface area contributed by atoms with Gasteiger partial charge in [0.15, 0.2) is 0 Å². The average molecular weight is 358 g/mol. The van der Waals surface area contributed by atoms with E-state index in [9.17, 15) is 14.7 Å². The van der Waals surface area contributed by atoms with Gasteiger partial charge >= 0.3 is 5.97 Å². The third kappa shape index (κ3) is 3.75. The number of aliphatic carboxylic acids is 1. The van der Waals surface area contributed by atoms with E-state index in [4.69, 9.17) is 4.74 Å². The maximum atomic E-state index is 12.4. The van der Waals surface area contributed by atoms with Crippen molar-refractivity contribution in [2.45, 2.75) is 38.3 Å². The summed E-state index contributed by atoms with van der Waals surface area (Å²) in [4.78, 5) is 23.6. The fraction of sp³-hybridized carbons (Fsp3) is 0.444. The minimum atomic E-state index is -1.09. The lowest BCUT2D eigenvalue weighted by molar-refractivity contribution is -0.140. The molecule has 1 saturated carbocycles. The van der Waals surface area contributed by atoms with Crippen LogP contribution in [0.25, 0.3) is 11.3 Å². The topological polar surface area (TPSA) is 106 Å². The van der Waals surface area contributed by atoms with Crippen molar-refractivity contribution in [3.8, 4) is 11.3 Å². The van der Waals surface area contributed by atoms with Crippen molar-refractivity contribution in [3.05, 3.63) is 35.5 Å². The molecule has 0 aliphatic heterocycles. The number of amides is 1. The van der Waals surface area contributed by atoms with Crippen molar-refractivity contribution >= 4 is 11.9 Å². The second-order valence-electron chi connectivity index (χ2n) is 6.58. The maximum absolute atomic E-state index is 12.4. The van der Waals surface area contributed by atoms with E-state index in [-0.39, 0.29) is 5.91 Å². The molecule has 1 aromatic heterocycles. The lowest BCUT2D eigenvalue weighted by Crippen LogP contribution is -2.43. The standard InChI is InChI=1S/C18H22N4O4/c1-12-10-13(15-11-22(21-20-15)8-3-9-26-2)4-5-14(12)16(23)19-18(6-7-18)17(24)25/h4-5,10-11H,3,6-9H2,1-2H3,(H,19,23)(H,24,25). The molecule has 1 aliphatic carbocycles. The number of methoxy groups -OCH3 is 1. The van der Waals surface area contributed by atoms with Gasteiger partial charge in [0.25, 0.3) is 5.91 Å². The van der Waals surface area contributed by atoms with Gasteiger partial charge in [0.1, 0.15) is 11.2 Å². The van der Waals surface area contributed by atoms with E-state index in [0.29, 0.717) is 25.0 Å². The zero-order valence-electron chi connectivity index (χ0n) is 14.9. The van der Waals surface area contributed by atoms with Crippen LogP contribution in [0, 0.1) is 6.92 Å². The van der Waals surface area contributed by atoms with Gasteiger partial charge in [-0.15, -0.1) is 5.10 Å². The Morgan fingerprint density at radius 2 is 2.15 bits per heavy atom. The van der Waals surface area contributed by atoms with Crippen molar-refractivity contribution in [3.63, 3.8) is 0 Å². The molecule has 0 unspecified atom stereocenters. The van der Waals surface area contributed by atoms with Crippen LogP contribution in [0.2, 0.25) is 0 Å². The van der Waals surface area contributed by atoms with E-state index in [2.05, 4.69) is 15.6 Å². The Bertz CT molecular complexity index is 826. The fourth-order valence-corrected chi connectivity index (χ4v) is 2.79. The van der Waals surface area contributed by atoms with Gasteiger partial charge in [0.2, 0.25) is 0 Å². The second kappa shape index (κ2) is 7.25. The summed E-state index contributed by atoms with van der Waals surface area (Å²) in [5, 5.41) is 20.1. The number of rotatable bonds is 8. The van der Waals surface area contributed by atoms with Crippen LogP contribution in [0.4, 0.5) is 0 Å². The van der Waals surface area contributed by atoms with Crippen LogP contribution in [0.1, 0.15) is 35.2 Å². The molecule has 8 nitrogen and oxygen atoms in total. The van der Waals surface area contributed by atoms with Gasteiger partial charge < -0.3 is 15.2 Å². The molecule has 0 bridgehead atoms. The highest BCUT2D eigenvalue weighted by atomic mass is 16.5. The summed E-state index contributed by atoms with van der Waals surface area (Å²) in [6.45, 7) is 3.20. The molecule has 2 aromatic rings. The molecule has 3 rings (SSSR count). The minimum Gasteiger partial charge on any atom is -0.480 e. The van der Waals surface area contributed by atoms with E-state index in [1.54, 1.807) is 23.9 Å². The van der Waals surface area contributed by atoms with Crippen molar-refractivity contribution in [1.29, 1.82) is 0 Å². The molecule has 0 spiro atoms. The first-order valence-corrected chi connectivity index (χ1v) is 8.51. The first-order valence-electron chi connectivity index (χ1n) is 8.51. The molecule has 138 valence electrons. The summed E-state index contributed by atoms with van der Waals surface area (Å²) < 4.78 is 6.78. The molecule has 26 heavy (non-hydrogen) atoms. The quantitative estimate of drug-likeness (QED) is 0.695. The van der Waals surface area contributed by atoms with E-state index in [1.165, 1.54) is 0 Å². The van der Waals surface area contributed by atoms with Gasteiger partial charge in [0.05, 0.1) is 6.20 Å². The van der Waals surface area contributed by atoms with Crippen molar-refractivity contribution < 1.29 is 19.4 Å². The molecule has 8 heteroatoms. The van der Waals surface area contributed by atoms with Crippen LogP contribution in [0.3, 0.4) is 0 Å². The maximum Gasteiger partial charge on any atom is 0.329 e. The monoisotopic (exact) mass is 358 g/mol. The van der Waals surface area contributed by atoms with E-state index in [1.807, 2.05) is 19.2 Å². The van der Waals surface area contributed by atoms with Gasteiger partial charge in [-0.3, -0.25) is 9.48 Å². The van der Waals surface area contributed by atoms with Gasteiger partial charge in [-0.2, -0.15) is 0 Å². The third-order valence-corrected chi connectivity index (χ3v) is 4.55. The third-order valence-electron chi connectivity index (χ3n) is 4.55. The highest BCUT2D eigenvalue weighted by Crippen LogP contribution is 2.36. The number of benzene rings is 1. The predicted molar refractivity (Wildman–Crippen MR) is 93.8 cm³/mol. The summed E-state index contributed by atoms with van der Waals surface area (Å²) in [7, 11) is 1.66. The summed E-state index contributed by atoms with van der Waals surface area (Å²) in [5.41, 5.74) is 1.72. The number of nitrogens with zero attached hydrogens (tertiary/aromatic N) is 3. The number of carboxylic acids is 1. The first-order chi connectivity index (χ1) is 12.4. The fourth-order valence-electron chi connectivity index (χ4n) is 2.79. The number of carboxylic acid groups (broad SMARTS) is 1. The molecule has 1 amide bonds. The van der Waals surface area contributed by atoms with Gasteiger partial charge in [-0.1, -0.05) is 11.3 Å². The highest BCUT2D eigenvalue weighted by Gasteiger charge is 2.51. The summed E-state index contributed by atoms with van der Waals surface area (Å²) in [6, 6.07) is 5.35. The Balaban J connectivity index is 1.71. The molecule has 1 fully saturated rings. The Morgan fingerprint density at radius 3 is 2.77 bits per heavy atom. The Hall–Kier alpha value is -2.74. The van der Waals surface area contributed by atoms with Crippen LogP contribution in [-0.4, -0.2) is 51.2 Å². The number of aryl methyl sites for hydroxylation is 2. The highest BCUT2D eigenvalue weighted by molar-refractivity contribution is 6.00. The summed E-state index contributed by atoms with van der Waals surface area (Å²) in [6.07, 6.45) is 3.64. The lowest BCUT2D eigenvalue weighted by Gasteiger charge is -2.14. The van der Waals surface area contributed by atoms with E-state index < -0.39 is 11.5 Å². The minimum absolute atomic E-state index is 0.364. The van der Waals surface area contributed by atoms with Crippen LogP contribution >= 0.6 is 0 Å². The van der Waals surface area contributed by atoms with Crippen molar-refractivity contribution in [2.75, 3.05) is 13.7 Å². The largest absolute Gasteiger partial charge is 0.480 e. The predicted octanol–water partition coefficient (Wildman–Crippen LogP) is 1.64. The number of nitrogens with one attached hydrogen (secondary N) is 1. The Labute approximate surface area is 151 Å². The summed E-state index contributed by atoms with van der Waals surface area (Å²) >= 11 is 0. The van der Waals surface area contributed by atoms with E-state index >= 15 is 0 Å². The molecule has 0 atom stereocenters. The zero-order chi connectivity index (χ0) is 18.7. The lowest BCUT2D eigenvalue weighted by atomic mass is 10.0. The molecule has 0 saturated heterocycles. The SMILES string of the molecule is COCCCn1cc(-c2ccc(C(=O)NC3(C(=O)O)CC3)c(C)c2)nn1.